The highest BCUT2D eigenvalue weighted by atomic mass is 35.5. The number of aryl methyl sites for hydroxylation is 1. The summed E-state index contributed by atoms with van der Waals surface area (Å²) >= 11 is 5.95. The molecule has 9 heteroatoms. The fourth-order valence-corrected chi connectivity index (χ4v) is 5.15. The number of halogens is 1. The van der Waals surface area contributed by atoms with Gasteiger partial charge >= 0.3 is 0 Å². The number of amides is 2. The molecule has 0 aliphatic carbocycles. The van der Waals surface area contributed by atoms with Gasteiger partial charge in [0, 0.05) is 10.6 Å². The second-order valence-electron chi connectivity index (χ2n) is 6.71. The van der Waals surface area contributed by atoms with Crippen LogP contribution in [0, 0.1) is 0 Å². The summed E-state index contributed by atoms with van der Waals surface area (Å²) in [5, 5.41) is 2.91. The van der Waals surface area contributed by atoms with Crippen LogP contribution in [0.15, 0.2) is 48.0 Å². The molecule has 0 saturated heterocycles. The molecule has 2 amide bonds. The molecule has 0 atom stereocenters. The Morgan fingerprint density at radius 3 is 2.43 bits per heavy atom. The van der Waals surface area contributed by atoms with Crippen molar-refractivity contribution < 1.29 is 22.7 Å². The SMILES string of the molecule is CCc1ccc(C2=C(C)C(=O)N(CC(=O)Nc3cc(Cl)ccc3OC)S2(=O)=O)cc1. The molecule has 0 radical (unpaired) electrons. The Morgan fingerprint density at radius 1 is 1.17 bits per heavy atom. The molecule has 30 heavy (non-hydrogen) atoms. The zero-order valence-electron chi connectivity index (χ0n) is 16.7. The van der Waals surface area contributed by atoms with Crippen LogP contribution in [0.1, 0.15) is 25.0 Å². The number of anilines is 1. The maximum Gasteiger partial charge on any atom is 0.268 e. The van der Waals surface area contributed by atoms with E-state index >= 15 is 0 Å². The van der Waals surface area contributed by atoms with Crippen molar-refractivity contribution in [2.45, 2.75) is 20.3 Å². The molecule has 0 saturated carbocycles. The Bertz CT molecular complexity index is 1140. The smallest absolute Gasteiger partial charge is 0.268 e. The van der Waals surface area contributed by atoms with E-state index in [0.29, 0.717) is 20.6 Å². The quantitative estimate of drug-likeness (QED) is 0.730. The monoisotopic (exact) mass is 448 g/mol. The van der Waals surface area contributed by atoms with E-state index in [1.807, 2.05) is 19.1 Å². The minimum absolute atomic E-state index is 0.0763. The zero-order valence-corrected chi connectivity index (χ0v) is 18.3. The van der Waals surface area contributed by atoms with Gasteiger partial charge in [-0.1, -0.05) is 42.8 Å². The van der Waals surface area contributed by atoms with Crippen molar-refractivity contribution in [1.29, 1.82) is 0 Å². The molecule has 0 bridgehead atoms. The van der Waals surface area contributed by atoms with Gasteiger partial charge < -0.3 is 10.1 Å². The van der Waals surface area contributed by atoms with Crippen molar-refractivity contribution in [3.8, 4) is 5.75 Å². The molecule has 0 spiro atoms. The van der Waals surface area contributed by atoms with E-state index in [2.05, 4.69) is 5.32 Å². The number of nitrogens with one attached hydrogen (secondary N) is 1. The average molecular weight is 449 g/mol. The van der Waals surface area contributed by atoms with E-state index in [-0.39, 0.29) is 16.2 Å². The lowest BCUT2D eigenvalue weighted by atomic mass is 10.1. The molecule has 0 unspecified atom stereocenters. The van der Waals surface area contributed by atoms with E-state index in [0.717, 1.165) is 12.0 Å². The average Bonchev–Trinajstić information content (AvgIpc) is 2.87. The first-order chi connectivity index (χ1) is 14.2. The molecule has 1 aliphatic heterocycles. The zero-order chi connectivity index (χ0) is 22.1. The van der Waals surface area contributed by atoms with Gasteiger partial charge in [-0.3, -0.25) is 9.59 Å². The van der Waals surface area contributed by atoms with Gasteiger partial charge in [0.25, 0.3) is 15.9 Å². The molecule has 1 N–H and O–H groups in total. The Balaban J connectivity index is 1.85. The second-order valence-corrected chi connectivity index (χ2v) is 8.95. The first kappa shape index (κ1) is 21.9. The number of sulfonamides is 1. The third kappa shape index (κ3) is 4.06. The lowest BCUT2D eigenvalue weighted by molar-refractivity contribution is -0.126. The predicted molar refractivity (Wildman–Crippen MR) is 116 cm³/mol. The van der Waals surface area contributed by atoms with Crippen LogP contribution in [-0.4, -0.2) is 38.2 Å². The Labute approximate surface area is 180 Å². The van der Waals surface area contributed by atoms with E-state index in [1.165, 1.54) is 20.1 Å². The molecule has 0 aromatic heterocycles. The number of hydrogen-bond acceptors (Lipinski definition) is 5. The highest BCUT2D eigenvalue weighted by Gasteiger charge is 2.43. The van der Waals surface area contributed by atoms with Crippen LogP contribution in [0.5, 0.6) is 5.75 Å². The van der Waals surface area contributed by atoms with Gasteiger partial charge in [0.05, 0.1) is 12.8 Å². The van der Waals surface area contributed by atoms with Gasteiger partial charge in [-0.15, -0.1) is 0 Å². The number of hydrogen-bond donors (Lipinski definition) is 1. The maximum atomic E-state index is 13.1. The summed E-state index contributed by atoms with van der Waals surface area (Å²) in [6.45, 7) is 2.77. The highest BCUT2D eigenvalue weighted by molar-refractivity contribution is 7.99. The summed E-state index contributed by atoms with van der Waals surface area (Å²) in [5.74, 6) is -1.06. The van der Waals surface area contributed by atoms with Crippen LogP contribution in [0.2, 0.25) is 5.02 Å². The highest BCUT2D eigenvalue weighted by Crippen LogP contribution is 2.35. The number of nitrogens with zero attached hydrogens (tertiary/aromatic N) is 1. The van der Waals surface area contributed by atoms with Crippen molar-refractivity contribution in [2.24, 2.45) is 0 Å². The molecule has 1 heterocycles. The van der Waals surface area contributed by atoms with Crippen LogP contribution < -0.4 is 10.1 Å². The Kier molecular flexibility index (Phi) is 6.19. The van der Waals surface area contributed by atoms with Crippen molar-refractivity contribution >= 4 is 44.0 Å². The fraction of sp³-hybridized carbons (Fsp3) is 0.238. The van der Waals surface area contributed by atoms with Gasteiger partial charge in [-0.2, -0.15) is 0 Å². The van der Waals surface area contributed by atoms with Gasteiger partial charge in [0.15, 0.2) is 0 Å². The number of ether oxygens (including phenoxy) is 1. The van der Waals surface area contributed by atoms with Crippen LogP contribution in [-0.2, 0) is 26.0 Å². The fourth-order valence-electron chi connectivity index (χ4n) is 3.21. The van der Waals surface area contributed by atoms with Crippen molar-refractivity contribution in [3.05, 3.63) is 64.2 Å². The molecule has 158 valence electrons. The van der Waals surface area contributed by atoms with E-state index in [4.69, 9.17) is 16.3 Å². The summed E-state index contributed by atoms with van der Waals surface area (Å²) in [6, 6.07) is 11.6. The lowest BCUT2D eigenvalue weighted by Crippen LogP contribution is -2.38. The van der Waals surface area contributed by atoms with Gasteiger partial charge in [0.2, 0.25) is 5.91 Å². The van der Waals surface area contributed by atoms with Gasteiger partial charge in [-0.05, 0) is 42.7 Å². The molecule has 2 aromatic carbocycles. The molecule has 1 aliphatic rings. The van der Waals surface area contributed by atoms with E-state index in [9.17, 15) is 18.0 Å². The lowest BCUT2D eigenvalue weighted by Gasteiger charge is -2.17. The molecule has 2 aromatic rings. The van der Waals surface area contributed by atoms with Crippen LogP contribution >= 0.6 is 11.6 Å². The van der Waals surface area contributed by atoms with Crippen molar-refractivity contribution in [1.82, 2.24) is 4.31 Å². The van der Waals surface area contributed by atoms with Crippen LogP contribution in [0.4, 0.5) is 5.69 Å². The standard InChI is InChI=1S/C21H21ClN2O5S/c1-4-14-5-7-15(8-6-14)20-13(2)21(26)24(30(20,27)28)12-19(25)23-17-11-16(22)9-10-18(17)29-3/h5-11H,4,12H2,1-3H3,(H,23,25). The first-order valence-electron chi connectivity index (χ1n) is 9.19. The molecule has 3 rings (SSSR count). The van der Waals surface area contributed by atoms with Crippen LogP contribution in [0.3, 0.4) is 0 Å². The van der Waals surface area contributed by atoms with E-state index in [1.54, 1.807) is 24.3 Å². The molecule has 0 fully saturated rings. The molecular weight excluding hydrogens is 428 g/mol. The first-order valence-corrected chi connectivity index (χ1v) is 11.0. The predicted octanol–water partition coefficient (Wildman–Crippen LogP) is 3.45. The number of rotatable bonds is 6. The summed E-state index contributed by atoms with van der Waals surface area (Å²) < 4.78 is 31.9. The van der Waals surface area contributed by atoms with Crippen molar-refractivity contribution in [2.75, 3.05) is 19.0 Å². The Hall–Kier alpha value is -2.84. The number of benzene rings is 2. The second kappa shape index (κ2) is 8.49. The third-order valence-corrected chi connectivity index (χ3v) is 6.95. The summed E-state index contributed by atoms with van der Waals surface area (Å²) in [4.78, 5) is 25.1. The van der Waals surface area contributed by atoms with Gasteiger partial charge in [0.1, 0.15) is 17.2 Å². The van der Waals surface area contributed by atoms with Gasteiger partial charge in [-0.25, -0.2) is 12.7 Å². The summed E-state index contributed by atoms with van der Waals surface area (Å²) in [7, 11) is -2.74. The van der Waals surface area contributed by atoms with Crippen LogP contribution in [0.25, 0.3) is 4.91 Å². The minimum Gasteiger partial charge on any atom is -0.495 e. The largest absolute Gasteiger partial charge is 0.495 e. The number of carbonyl (C=O) groups excluding carboxylic acids is 2. The third-order valence-electron chi connectivity index (χ3n) is 4.78. The molecule has 7 nitrogen and oxygen atoms in total. The van der Waals surface area contributed by atoms with Crippen molar-refractivity contribution in [3.63, 3.8) is 0 Å². The number of carbonyl (C=O) groups is 2. The topological polar surface area (TPSA) is 92.8 Å². The summed E-state index contributed by atoms with van der Waals surface area (Å²) in [6.07, 6.45) is 0.809. The van der Waals surface area contributed by atoms with E-state index < -0.39 is 28.4 Å². The Morgan fingerprint density at radius 2 is 1.83 bits per heavy atom. The maximum absolute atomic E-state index is 13.1. The minimum atomic E-state index is -4.16. The normalized spacial score (nSPS) is 15.5. The number of methoxy groups -OCH3 is 1. The summed E-state index contributed by atoms with van der Waals surface area (Å²) in [5.41, 5.74) is 1.81. The molecular formula is C21H21ClN2O5S.